The maximum absolute atomic E-state index is 12.7. The van der Waals surface area contributed by atoms with Gasteiger partial charge in [-0.05, 0) is 11.6 Å². The van der Waals surface area contributed by atoms with Crippen LogP contribution in [0.4, 0.5) is 0 Å². The van der Waals surface area contributed by atoms with Crippen LogP contribution in [0.3, 0.4) is 0 Å². The summed E-state index contributed by atoms with van der Waals surface area (Å²) in [4.78, 5) is 14.1. The van der Waals surface area contributed by atoms with E-state index >= 15 is 0 Å². The minimum atomic E-state index is -1.57. The Balaban J connectivity index is 1.86. The SMILES string of the molecule is O=C1/C(=C/c2ccccc2)SC(=S)N1C1OC(CO)C(O)C(O)C1O. The summed E-state index contributed by atoms with van der Waals surface area (Å²) in [6.45, 7) is -0.573. The predicted octanol–water partition coefficient (Wildman–Crippen LogP) is -0.312. The third-order valence-electron chi connectivity index (χ3n) is 4.04. The molecule has 2 aliphatic rings. The fraction of sp³-hybridized carbons (Fsp3) is 0.375. The molecule has 134 valence electrons. The van der Waals surface area contributed by atoms with Crippen LogP contribution >= 0.6 is 24.0 Å². The van der Waals surface area contributed by atoms with Gasteiger partial charge in [-0.3, -0.25) is 9.69 Å². The van der Waals surface area contributed by atoms with Gasteiger partial charge in [0.2, 0.25) is 0 Å². The Hall–Kier alpha value is -1.33. The second-order valence-electron chi connectivity index (χ2n) is 5.68. The van der Waals surface area contributed by atoms with Gasteiger partial charge in [-0.15, -0.1) is 0 Å². The van der Waals surface area contributed by atoms with Gasteiger partial charge < -0.3 is 25.2 Å². The van der Waals surface area contributed by atoms with Gasteiger partial charge in [0.1, 0.15) is 24.4 Å². The summed E-state index contributed by atoms with van der Waals surface area (Å²) in [6, 6.07) is 9.20. The van der Waals surface area contributed by atoms with Gasteiger partial charge in [-0.25, -0.2) is 0 Å². The molecule has 0 bridgehead atoms. The van der Waals surface area contributed by atoms with E-state index in [1.165, 1.54) is 0 Å². The number of ether oxygens (including phenoxy) is 1. The summed E-state index contributed by atoms with van der Waals surface area (Å²) in [7, 11) is 0. The van der Waals surface area contributed by atoms with E-state index in [4.69, 9.17) is 17.0 Å². The third kappa shape index (κ3) is 3.49. The Bertz CT molecular complexity index is 695. The third-order valence-corrected chi connectivity index (χ3v) is 5.37. The molecule has 2 saturated heterocycles. The molecule has 1 aromatic rings. The summed E-state index contributed by atoms with van der Waals surface area (Å²) in [5, 5.41) is 39.2. The second kappa shape index (κ2) is 7.50. The standard InChI is InChI=1S/C16H17NO6S2/c18-7-9-11(19)12(20)13(21)15(23-9)17-14(22)10(25-16(17)24)6-8-4-2-1-3-5-8/h1-6,9,11-13,15,18-21H,7H2/b10-6-. The molecular weight excluding hydrogens is 366 g/mol. The van der Waals surface area contributed by atoms with Crippen molar-refractivity contribution < 1.29 is 30.0 Å². The number of amides is 1. The summed E-state index contributed by atoms with van der Waals surface area (Å²) in [5.74, 6) is -0.469. The van der Waals surface area contributed by atoms with Gasteiger partial charge in [-0.1, -0.05) is 54.3 Å². The largest absolute Gasteiger partial charge is 0.394 e. The monoisotopic (exact) mass is 383 g/mol. The number of carbonyl (C=O) groups excluding carboxylic acids is 1. The summed E-state index contributed by atoms with van der Waals surface area (Å²) in [6.07, 6.45) is -5.34. The van der Waals surface area contributed by atoms with Gasteiger partial charge in [-0.2, -0.15) is 0 Å². The highest BCUT2D eigenvalue weighted by Gasteiger charge is 2.50. The Morgan fingerprint density at radius 2 is 1.84 bits per heavy atom. The number of aliphatic hydroxyl groups is 4. The number of hydrogen-bond donors (Lipinski definition) is 4. The van der Waals surface area contributed by atoms with Crippen LogP contribution in [0.2, 0.25) is 0 Å². The molecule has 5 unspecified atom stereocenters. The van der Waals surface area contributed by atoms with Gasteiger partial charge in [0.15, 0.2) is 10.5 Å². The van der Waals surface area contributed by atoms with Crippen LogP contribution in [0.5, 0.6) is 0 Å². The van der Waals surface area contributed by atoms with Gasteiger partial charge >= 0.3 is 0 Å². The first-order valence-corrected chi connectivity index (χ1v) is 8.79. The van der Waals surface area contributed by atoms with E-state index in [1.54, 1.807) is 6.08 Å². The Kier molecular flexibility index (Phi) is 5.54. The number of nitrogens with zero attached hydrogens (tertiary/aromatic N) is 1. The van der Waals surface area contributed by atoms with E-state index in [0.717, 1.165) is 22.2 Å². The van der Waals surface area contributed by atoms with Crippen LogP contribution in [0.15, 0.2) is 35.2 Å². The number of benzene rings is 1. The molecule has 2 fully saturated rings. The lowest BCUT2D eigenvalue weighted by Crippen LogP contribution is -2.63. The fourth-order valence-corrected chi connectivity index (χ4v) is 4.01. The molecule has 1 aromatic carbocycles. The summed E-state index contributed by atoms with van der Waals surface area (Å²) >= 11 is 6.27. The highest BCUT2D eigenvalue weighted by molar-refractivity contribution is 8.26. The van der Waals surface area contributed by atoms with Crippen molar-refractivity contribution in [3.05, 3.63) is 40.8 Å². The number of rotatable bonds is 3. The topological polar surface area (TPSA) is 110 Å². The number of thioether (sulfide) groups is 1. The van der Waals surface area contributed by atoms with Crippen LogP contribution in [0.1, 0.15) is 5.56 Å². The number of carbonyl (C=O) groups is 1. The van der Waals surface area contributed by atoms with Crippen LogP contribution in [-0.2, 0) is 9.53 Å². The first-order chi connectivity index (χ1) is 11.9. The molecule has 3 rings (SSSR count). The predicted molar refractivity (Wildman–Crippen MR) is 95.2 cm³/mol. The van der Waals surface area contributed by atoms with Crippen molar-refractivity contribution >= 4 is 40.3 Å². The molecular formula is C16H17NO6S2. The molecule has 2 heterocycles. The molecule has 2 aliphatic heterocycles. The highest BCUT2D eigenvalue weighted by Crippen LogP contribution is 2.37. The van der Waals surface area contributed by atoms with Crippen molar-refractivity contribution in [2.24, 2.45) is 0 Å². The zero-order valence-electron chi connectivity index (χ0n) is 12.9. The maximum Gasteiger partial charge on any atom is 0.268 e. The van der Waals surface area contributed by atoms with E-state index in [0.29, 0.717) is 4.91 Å². The van der Waals surface area contributed by atoms with E-state index in [9.17, 15) is 25.2 Å². The average molecular weight is 383 g/mol. The normalized spacial score (nSPS) is 34.8. The molecule has 9 heteroatoms. The summed E-state index contributed by atoms with van der Waals surface area (Å²) in [5.41, 5.74) is 0.816. The first-order valence-electron chi connectivity index (χ1n) is 7.56. The number of thiocarbonyl (C=S) groups is 1. The highest BCUT2D eigenvalue weighted by atomic mass is 32.2. The van der Waals surface area contributed by atoms with Crippen LogP contribution < -0.4 is 0 Å². The molecule has 0 saturated carbocycles. The van der Waals surface area contributed by atoms with Crippen LogP contribution in [0, 0.1) is 0 Å². The van der Waals surface area contributed by atoms with Crippen molar-refractivity contribution in [2.75, 3.05) is 6.61 Å². The van der Waals surface area contributed by atoms with Crippen molar-refractivity contribution in [2.45, 2.75) is 30.6 Å². The number of aliphatic hydroxyl groups excluding tert-OH is 4. The lowest BCUT2D eigenvalue weighted by Gasteiger charge is -2.42. The molecule has 1 amide bonds. The molecule has 4 N–H and O–H groups in total. The molecule has 0 radical (unpaired) electrons. The van der Waals surface area contributed by atoms with Crippen molar-refractivity contribution in [1.82, 2.24) is 4.90 Å². The molecule has 0 spiro atoms. The lowest BCUT2D eigenvalue weighted by molar-refractivity contribution is -0.252. The van der Waals surface area contributed by atoms with E-state index in [-0.39, 0.29) is 4.32 Å². The zero-order chi connectivity index (χ0) is 18.1. The molecule has 0 aromatic heterocycles. The number of hydrogen-bond acceptors (Lipinski definition) is 8. The van der Waals surface area contributed by atoms with Crippen LogP contribution in [0.25, 0.3) is 6.08 Å². The first kappa shape index (κ1) is 18.5. The Morgan fingerprint density at radius 1 is 1.16 bits per heavy atom. The average Bonchev–Trinajstić information content (AvgIpc) is 2.88. The molecule has 5 atom stereocenters. The minimum absolute atomic E-state index is 0.163. The Morgan fingerprint density at radius 3 is 2.48 bits per heavy atom. The molecule has 7 nitrogen and oxygen atoms in total. The minimum Gasteiger partial charge on any atom is -0.394 e. The quantitative estimate of drug-likeness (QED) is 0.416. The fourth-order valence-electron chi connectivity index (χ4n) is 2.70. The van der Waals surface area contributed by atoms with Gasteiger partial charge in [0.25, 0.3) is 5.91 Å². The summed E-state index contributed by atoms with van der Waals surface area (Å²) < 4.78 is 5.58. The van der Waals surface area contributed by atoms with E-state index in [2.05, 4.69) is 0 Å². The van der Waals surface area contributed by atoms with Crippen molar-refractivity contribution in [1.29, 1.82) is 0 Å². The Labute approximate surface area is 153 Å². The molecule has 0 aliphatic carbocycles. The van der Waals surface area contributed by atoms with Crippen LogP contribution in [-0.4, -0.2) is 72.8 Å². The van der Waals surface area contributed by atoms with Crippen molar-refractivity contribution in [3.8, 4) is 0 Å². The van der Waals surface area contributed by atoms with E-state index < -0.39 is 43.2 Å². The second-order valence-corrected chi connectivity index (χ2v) is 7.36. The zero-order valence-corrected chi connectivity index (χ0v) is 14.6. The van der Waals surface area contributed by atoms with E-state index in [1.807, 2.05) is 30.3 Å². The maximum atomic E-state index is 12.7. The van der Waals surface area contributed by atoms with Gasteiger partial charge in [0, 0.05) is 0 Å². The van der Waals surface area contributed by atoms with Crippen molar-refractivity contribution in [3.63, 3.8) is 0 Å². The lowest BCUT2D eigenvalue weighted by atomic mass is 9.98. The smallest absolute Gasteiger partial charge is 0.268 e. The molecule has 25 heavy (non-hydrogen) atoms. The van der Waals surface area contributed by atoms with Gasteiger partial charge in [0.05, 0.1) is 11.5 Å².